The molecule has 0 radical (unpaired) electrons. The molecular weight excluding hydrogens is 400 g/mol. The molecule has 136 valence electrons. The first kappa shape index (κ1) is 19.7. The Morgan fingerprint density at radius 1 is 1.12 bits per heavy atom. The van der Waals surface area contributed by atoms with Gasteiger partial charge in [-0.1, -0.05) is 40.2 Å². The van der Waals surface area contributed by atoms with E-state index in [1.165, 1.54) is 14.0 Å². The molecule has 0 aliphatic rings. The number of rotatable bonds is 6. The summed E-state index contributed by atoms with van der Waals surface area (Å²) in [5, 5.41) is 5.29. The SMILES string of the molecule is COC(=O)[C@@H](Cc1cccc(Br)c1)NC(=O)c1ccccc1NC(C)=O. The Hall–Kier alpha value is -2.67. The van der Waals surface area contributed by atoms with E-state index in [2.05, 4.69) is 26.6 Å². The van der Waals surface area contributed by atoms with E-state index in [9.17, 15) is 14.4 Å². The lowest BCUT2D eigenvalue weighted by Crippen LogP contribution is -2.43. The summed E-state index contributed by atoms with van der Waals surface area (Å²) < 4.78 is 5.69. The topological polar surface area (TPSA) is 84.5 Å². The number of hydrogen-bond donors (Lipinski definition) is 2. The first-order valence-corrected chi connectivity index (χ1v) is 8.69. The van der Waals surface area contributed by atoms with E-state index in [1.807, 2.05) is 24.3 Å². The average Bonchev–Trinajstić information content (AvgIpc) is 2.60. The first-order valence-electron chi connectivity index (χ1n) is 7.90. The molecule has 26 heavy (non-hydrogen) atoms. The Morgan fingerprint density at radius 2 is 1.85 bits per heavy atom. The summed E-state index contributed by atoms with van der Waals surface area (Å²) in [5.74, 6) is -1.31. The van der Waals surface area contributed by atoms with Crippen molar-refractivity contribution in [3.05, 3.63) is 64.1 Å². The molecule has 0 aliphatic carbocycles. The highest BCUT2D eigenvalue weighted by Crippen LogP contribution is 2.17. The Kier molecular flexibility index (Phi) is 6.91. The number of ether oxygens (including phenoxy) is 1. The molecule has 1 atom stereocenters. The van der Waals surface area contributed by atoms with Gasteiger partial charge in [0.05, 0.1) is 18.4 Å². The average molecular weight is 419 g/mol. The lowest BCUT2D eigenvalue weighted by molar-refractivity contribution is -0.142. The van der Waals surface area contributed by atoms with E-state index in [-0.39, 0.29) is 17.9 Å². The molecule has 0 spiro atoms. The molecule has 2 N–H and O–H groups in total. The molecule has 0 saturated heterocycles. The zero-order chi connectivity index (χ0) is 19.1. The third kappa shape index (κ3) is 5.42. The number of para-hydroxylation sites is 1. The van der Waals surface area contributed by atoms with Crippen molar-refractivity contribution in [1.29, 1.82) is 0 Å². The van der Waals surface area contributed by atoms with Gasteiger partial charge in [-0.05, 0) is 29.8 Å². The van der Waals surface area contributed by atoms with E-state index in [0.717, 1.165) is 10.0 Å². The van der Waals surface area contributed by atoms with Gasteiger partial charge in [0.25, 0.3) is 5.91 Å². The lowest BCUT2D eigenvalue weighted by Gasteiger charge is -2.18. The van der Waals surface area contributed by atoms with Gasteiger partial charge >= 0.3 is 5.97 Å². The minimum Gasteiger partial charge on any atom is -0.467 e. The van der Waals surface area contributed by atoms with E-state index in [4.69, 9.17) is 4.74 Å². The van der Waals surface area contributed by atoms with Crippen LogP contribution < -0.4 is 10.6 Å². The molecule has 0 unspecified atom stereocenters. The molecule has 7 heteroatoms. The standard InChI is InChI=1S/C19H19BrN2O4/c1-12(23)21-16-9-4-3-8-15(16)18(24)22-17(19(25)26-2)11-13-6-5-7-14(20)10-13/h3-10,17H,11H2,1-2H3,(H,21,23)(H,22,24)/t17-/m1/s1. The summed E-state index contributed by atoms with van der Waals surface area (Å²) >= 11 is 3.38. The van der Waals surface area contributed by atoms with Crippen molar-refractivity contribution in [2.75, 3.05) is 12.4 Å². The third-order valence-electron chi connectivity index (χ3n) is 3.60. The van der Waals surface area contributed by atoms with Gasteiger partial charge in [0, 0.05) is 17.8 Å². The van der Waals surface area contributed by atoms with E-state index >= 15 is 0 Å². The molecule has 6 nitrogen and oxygen atoms in total. The molecule has 0 aromatic heterocycles. The molecule has 0 saturated carbocycles. The van der Waals surface area contributed by atoms with Crippen molar-refractivity contribution < 1.29 is 19.1 Å². The fourth-order valence-electron chi connectivity index (χ4n) is 2.45. The fourth-order valence-corrected chi connectivity index (χ4v) is 2.90. The molecule has 0 aliphatic heterocycles. The zero-order valence-corrected chi connectivity index (χ0v) is 16.0. The predicted octanol–water partition coefficient (Wildman–Crippen LogP) is 2.92. The molecule has 2 amide bonds. The number of halogens is 1. The maximum Gasteiger partial charge on any atom is 0.328 e. The summed E-state index contributed by atoms with van der Waals surface area (Å²) in [7, 11) is 1.27. The Bertz CT molecular complexity index is 823. The van der Waals surface area contributed by atoms with Crippen LogP contribution in [0.4, 0.5) is 5.69 Å². The number of amides is 2. The van der Waals surface area contributed by atoms with Gasteiger partial charge < -0.3 is 15.4 Å². The number of esters is 1. The number of anilines is 1. The van der Waals surface area contributed by atoms with E-state index in [0.29, 0.717) is 5.69 Å². The van der Waals surface area contributed by atoms with Crippen LogP contribution in [0.1, 0.15) is 22.8 Å². The number of carbonyl (C=O) groups is 3. The molecule has 2 aromatic carbocycles. The fraction of sp³-hybridized carbons (Fsp3) is 0.211. The highest BCUT2D eigenvalue weighted by atomic mass is 79.9. The van der Waals surface area contributed by atoms with Gasteiger partial charge in [-0.25, -0.2) is 4.79 Å². The van der Waals surface area contributed by atoms with Crippen molar-refractivity contribution in [1.82, 2.24) is 5.32 Å². The second-order valence-electron chi connectivity index (χ2n) is 5.61. The van der Waals surface area contributed by atoms with Crippen molar-refractivity contribution in [3.63, 3.8) is 0 Å². The monoisotopic (exact) mass is 418 g/mol. The Balaban J connectivity index is 2.22. The van der Waals surface area contributed by atoms with Crippen LogP contribution in [0.15, 0.2) is 53.0 Å². The summed E-state index contributed by atoms with van der Waals surface area (Å²) in [6, 6.07) is 13.2. The number of benzene rings is 2. The maximum absolute atomic E-state index is 12.7. The normalized spacial score (nSPS) is 11.3. The van der Waals surface area contributed by atoms with Gasteiger partial charge in [-0.2, -0.15) is 0 Å². The van der Waals surface area contributed by atoms with Crippen LogP contribution in [0.3, 0.4) is 0 Å². The smallest absolute Gasteiger partial charge is 0.328 e. The van der Waals surface area contributed by atoms with Crippen molar-refractivity contribution in [2.24, 2.45) is 0 Å². The quantitative estimate of drug-likeness (QED) is 0.706. The van der Waals surface area contributed by atoms with Crippen molar-refractivity contribution >= 4 is 39.4 Å². The molecule has 0 heterocycles. The third-order valence-corrected chi connectivity index (χ3v) is 4.10. The van der Waals surface area contributed by atoms with Crippen molar-refractivity contribution in [2.45, 2.75) is 19.4 Å². The summed E-state index contributed by atoms with van der Waals surface area (Å²) in [6.45, 7) is 1.36. The summed E-state index contributed by atoms with van der Waals surface area (Å²) in [6.07, 6.45) is 0.278. The largest absolute Gasteiger partial charge is 0.467 e. The minimum atomic E-state index is -0.854. The molecule has 0 fully saturated rings. The van der Waals surface area contributed by atoms with E-state index in [1.54, 1.807) is 24.3 Å². The number of methoxy groups -OCH3 is 1. The molecule has 2 aromatic rings. The molecule has 2 rings (SSSR count). The molecular formula is C19H19BrN2O4. The van der Waals surface area contributed by atoms with Crippen LogP contribution in [-0.2, 0) is 20.7 Å². The second kappa shape index (κ2) is 9.15. The van der Waals surface area contributed by atoms with Gasteiger partial charge in [0.2, 0.25) is 5.91 Å². The van der Waals surface area contributed by atoms with Crippen LogP contribution in [0, 0.1) is 0 Å². The predicted molar refractivity (Wildman–Crippen MR) is 102 cm³/mol. The zero-order valence-electron chi connectivity index (χ0n) is 14.4. The number of hydrogen-bond acceptors (Lipinski definition) is 4. The Labute approximate surface area is 160 Å². The Morgan fingerprint density at radius 3 is 2.50 bits per heavy atom. The number of carbonyl (C=O) groups excluding carboxylic acids is 3. The van der Waals surface area contributed by atoms with Crippen molar-refractivity contribution in [3.8, 4) is 0 Å². The maximum atomic E-state index is 12.7. The molecule has 0 bridgehead atoms. The summed E-state index contributed by atoms with van der Waals surface area (Å²) in [5.41, 5.74) is 1.51. The van der Waals surface area contributed by atoms with Crippen LogP contribution in [0.25, 0.3) is 0 Å². The van der Waals surface area contributed by atoms with Crippen LogP contribution >= 0.6 is 15.9 Å². The first-order chi connectivity index (χ1) is 12.4. The summed E-state index contributed by atoms with van der Waals surface area (Å²) in [4.78, 5) is 36.1. The van der Waals surface area contributed by atoms with Gasteiger partial charge in [0.15, 0.2) is 0 Å². The lowest BCUT2D eigenvalue weighted by atomic mass is 10.0. The minimum absolute atomic E-state index is 0.269. The number of nitrogens with one attached hydrogen (secondary N) is 2. The van der Waals surface area contributed by atoms with Gasteiger partial charge in [-0.15, -0.1) is 0 Å². The van der Waals surface area contributed by atoms with Gasteiger partial charge in [-0.3, -0.25) is 9.59 Å². The highest BCUT2D eigenvalue weighted by Gasteiger charge is 2.24. The highest BCUT2D eigenvalue weighted by molar-refractivity contribution is 9.10. The van der Waals surface area contributed by atoms with Crippen LogP contribution in [0.2, 0.25) is 0 Å². The van der Waals surface area contributed by atoms with Crippen LogP contribution in [-0.4, -0.2) is 30.9 Å². The van der Waals surface area contributed by atoms with E-state index < -0.39 is 17.9 Å². The van der Waals surface area contributed by atoms with Crippen LogP contribution in [0.5, 0.6) is 0 Å². The van der Waals surface area contributed by atoms with Gasteiger partial charge in [0.1, 0.15) is 6.04 Å². The second-order valence-corrected chi connectivity index (χ2v) is 6.53.